The van der Waals surface area contributed by atoms with Crippen molar-refractivity contribution in [2.75, 3.05) is 20.1 Å². The molecule has 0 saturated carbocycles. The van der Waals surface area contributed by atoms with Gasteiger partial charge in [-0.05, 0) is 37.7 Å². The van der Waals surface area contributed by atoms with E-state index in [0.29, 0.717) is 6.42 Å². The molecular formula is C11H16N2O5S2. The quantitative estimate of drug-likeness (QED) is 0.767. The summed E-state index contributed by atoms with van der Waals surface area (Å²) in [6.07, 6.45) is -0.237. The highest BCUT2D eigenvalue weighted by Crippen LogP contribution is 2.22. The van der Waals surface area contributed by atoms with Crippen LogP contribution >= 0.6 is 0 Å². The van der Waals surface area contributed by atoms with Crippen molar-refractivity contribution in [3.05, 3.63) is 24.3 Å². The second kappa shape index (κ2) is 5.41. The van der Waals surface area contributed by atoms with Crippen molar-refractivity contribution in [1.82, 2.24) is 9.03 Å². The Morgan fingerprint density at radius 1 is 1.15 bits per heavy atom. The third kappa shape index (κ3) is 2.86. The molecule has 1 aliphatic rings. The molecule has 0 aliphatic carbocycles. The van der Waals surface area contributed by atoms with Crippen LogP contribution in [0.1, 0.15) is 6.42 Å². The Kier molecular flexibility index (Phi) is 4.17. The van der Waals surface area contributed by atoms with E-state index in [1.807, 2.05) is 0 Å². The molecule has 1 saturated heterocycles. The third-order valence-corrected chi connectivity index (χ3v) is 6.48. The summed E-state index contributed by atoms with van der Waals surface area (Å²) in [6.45, 7) is 0.332. The zero-order valence-corrected chi connectivity index (χ0v) is 12.5. The molecule has 0 radical (unpaired) electrons. The molecule has 9 heteroatoms. The number of sulfonamides is 2. The van der Waals surface area contributed by atoms with Gasteiger partial charge in [0.2, 0.25) is 20.0 Å². The molecule has 2 N–H and O–H groups in total. The lowest BCUT2D eigenvalue weighted by Crippen LogP contribution is -2.29. The SMILES string of the molecule is CNS(=O)(=O)c1ccc(S(=O)(=O)N2CCC(O)C2)cc1. The van der Waals surface area contributed by atoms with Gasteiger partial charge < -0.3 is 5.11 Å². The van der Waals surface area contributed by atoms with E-state index in [4.69, 9.17) is 0 Å². The molecule has 2 rings (SSSR count). The average molecular weight is 320 g/mol. The van der Waals surface area contributed by atoms with Crippen LogP contribution in [0.15, 0.2) is 34.1 Å². The Bertz CT molecular complexity index is 682. The van der Waals surface area contributed by atoms with Crippen LogP contribution in [0.2, 0.25) is 0 Å². The van der Waals surface area contributed by atoms with Crippen LogP contribution in [-0.4, -0.2) is 52.5 Å². The monoisotopic (exact) mass is 320 g/mol. The van der Waals surface area contributed by atoms with Crippen LogP contribution in [0.3, 0.4) is 0 Å². The maximum Gasteiger partial charge on any atom is 0.243 e. The highest BCUT2D eigenvalue weighted by Gasteiger charge is 2.31. The normalized spacial score (nSPS) is 21.2. The van der Waals surface area contributed by atoms with Gasteiger partial charge in [0, 0.05) is 13.1 Å². The number of hydrogen-bond acceptors (Lipinski definition) is 5. The van der Waals surface area contributed by atoms with E-state index in [1.54, 1.807) is 0 Å². The van der Waals surface area contributed by atoms with E-state index >= 15 is 0 Å². The molecule has 1 heterocycles. The number of aliphatic hydroxyl groups excluding tert-OH is 1. The van der Waals surface area contributed by atoms with Crippen molar-refractivity contribution in [1.29, 1.82) is 0 Å². The first-order valence-electron chi connectivity index (χ1n) is 5.99. The number of nitrogens with one attached hydrogen (secondary N) is 1. The third-order valence-electron chi connectivity index (χ3n) is 3.17. The first-order valence-corrected chi connectivity index (χ1v) is 8.91. The number of benzene rings is 1. The Labute approximate surface area is 118 Å². The molecular weight excluding hydrogens is 304 g/mol. The van der Waals surface area contributed by atoms with Gasteiger partial charge in [-0.3, -0.25) is 0 Å². The van der Waals surface area contributed by atoms with E-state index in [-0.39, 0.29) is 22.9 Å². The van der Waals surface area contributed by atoms with Crippen molar-refractivity contribution in [2.45, 2.75) is 22.3 Å². The topological polar surface area (TPSA) is 104 Å². The fourth-order valence-electron chi connectivity index (χ4n) is 1.99. The van der Waals surface area contributed by atoms with Crippen molar-refractivity contribution in [2.24, 2.45) is 0 Å². The summed E-state index contributed by atoms with van der Waals surface area (Å²) in [6, 6.07) is 4.99. The Morgan fingerprint density at radius 3 is 2.15 bits per heavy atom. The minimum absolute atomic E-state index is 0.000377. The number of aliphatic hydroxyl groups is 1. The van der Waals surface area contributed by atoms with E-state index in [0.717, 1.165) is 0 Å². The Hall–Kier alpha value is -1.00. The fourth-order valence-corrected chi connectivity index (χ4v) is 4.21. The van der Waals surface area contributed by atoms with Crippen LogP contribution in [0.5, 0.6) is 0 Å². The lowest BCUT2D eigenvalue weighted by atomic mass is 10.3. The van der Waals surface area contributed by atoms with Crippen LogP contribution in [-0.2, 0) is 20.0 Å². The summed E-state index contributed by atoms with van der Waals surface area (Å²) in [7, 11) is -5.99. The molecule has 1 aliphatic heterocycles. The first-order chi connectivity index (χ1) is 9.27. The molecule has 1 fully saturated rings. The second-order valence-electron chi connectivity index (χ2n) is 4.48. The number of rotatable bonds is 4. The van der Waals surface area contributed by atoms with Gasteiger partial charge in [0.05, 0.1) is 15.9 Å². The van der Waals surface area contributed by atoms with Gasteiger partial charge in [0.1, 0.15) is 0 Å². The van der Waals surface area contributed by atoms with Crippen LogP contribution in [0.4, 0.5) is 0 Å². The van der Waals surface area contributed by atoms with E-state index in [9.17, 15) is 21.9 Å². The molecule has 1 aromatic carbocycles. The fraction of sp³-hybridized carbons (Fsp3) is 0.455. The van der Waals surface area contributed by atoms with Gasteiger partial charge in [0.25, 0.3) is 0 Å². The van der Waals surface area contributed by atoms with Crippen molar-refractivity contribution >= 4 is 20.0 Å². The van der Waals surface area contributed by atoms with Gasteiger partial charge >= 0.3 is 0 Å². The summed E-state index contributed by atoms with van der Waals surface area (Å²) >= 11 is 0. The minimum atomic E-state index is -3.68. The lowest BCUT2D eigenvalue weighted by Gasteiger charge is -2.15. The smallest absolute Gasteiger partial charge is 0.243 e. The van der Waals surface area contributed by atoms with Gasteiger partial charge in [0.15, 0.2) is 0 Å². The van der Waals surface area contributed by atoms with Gasteiger partial charge in [-0.25, -0.2) is 21.6 Å². The number of β-amino-alcohol motifs (C(OH)–C–C–N with tert-alkyl or cyclic N) is 1. The van der Waals surface area contributed by atoms with Crippen LogP contribution in [0.25, 0.3) is 0 Å². The Balaban J connectivity index is 2.30. The van der Waals surface area contributed by atoms with Gasteiger partial charge in [-0.1, -0.05) is 0 Å². The summed E-state index contributed by atoms with van der Waals surface area (Å²) in [5.41, 5.74) is 0. The zero-order chi connectivity index (χ0) is 15.0. The molecule has 0 bridgehead atoms. The maximum atomic E-state index is 12.3. The molecule has 1 atom stereocenters. The largest absolute Gasteiger partial charge is 0.392 e. The molecule has 1 unspecified atom stereocenters. The van der Waals surface area contributed by atoms with Crippen molar-refractivity contribution in [3.8, 4) is 0 Å². The highest BCUT2D eigenvalue weighted by molar-refractivity contribution is 7.89. The molecule has 0 aromatic heterocycles. The van der Waals surface area contributed by atoms with Gasteiger partial charge in [-0.15, -0.1) is 0 Å². The predicted molar refractivity (Wildman–Crippen MR) is 72.1 cm³/mol. The number of nitrogens with zero attached hydrogens (tertiary/aromatic N) is 1. The van der Waals surface area contributed by atoms with Crippen LogP contribution in [0, 0.1) is 0 Å². The summed E-state index contributed by atoms with van der Waals surface area (Å²) < 4.78 is 51.0. The van der Waals surface area contributed by atoms with Crippen LogP contribution < -0.4 is 4.72 Å². The Morgan fingerprint density at radius 2 is 1.70 bits per heavy atom. The minimum Gasteiger partial charge on any atom is -0.392 e. The van der Waals surface area contributed by atoms with E-state index in [1.165, 1.54) is 35.6 Å². The average Bonchev–Trinajstić information content (AvgIpc) is 2.86. The molecule has 0 spiro atoms. The molecule has 1 aromatic rings. The molecule has 112 valence electrons. The molecule has 0 amide bonds. The predicted octanol–water partition coefficient (Wildman–Crippen LogP) is -0.650. The lowest BCUT2D eigenvalue weighted by molar-refractivity contribution is 0.189. The van der Waals surface area contributed by atoms with E-state index < -0.39 is 26.2 Å². The summed E-state index contributed by atoms with van der Waals surface area (Å²) in [4.78, 5) is 0.0158. The maximum absolute atomic E-state index is 12.3. The molecule has 20 heavy (non-hydrogen) atoms. The molecule has 7 nitrogen and oxygen atoms in total. The first kappa shape index (κ1) is 15.4. The summed E-state index contributed by atoms with van der Waals surface area (Å²) in [5, 5.41) is 9.40. The number of hydrogen-bond donors (Lipinski definition) is 2. The zero-order valence-electron chi connectivity index (χ0n) is 10.9. The highest BCUT2D eigenvalue weighted by atomic mass is 32.2. The van der Waals surface area contributed by atoms with Gasteiger partial charge in [-0.2, -0.15) is 4.31 Å². The standard InChI is InChI=1S/C11H16N2O5S2/c1-12-19(15,16)10-2-4-11(5-3-10)20(17,18)13-7-6-9(14)8-13/h2-5,9,12,14H,6-8H2,1H3. The second-order valence-corrected chi connectivity index (χ2v) is 8.31. The summed E-state index contributed by atoms with van der Waals surface area (Å²) in [5.74, 6) is 0. The van der Waals surface area contributed by atoms with E-state index in [2.05, 4.69) is 4.72 Å². The van der Waals surface area contributed by atoms with Crippen molar-refractivity contribution in [3.63, 3.8) is 0 Å². The van der Waals surface area contributed by atoms with Crippen molar-refractivity contribution < 1.29 is 21.9 Å².